The first kappa shape index (κ1) is 18.2. The van der Waals surface area contributed by atoms with Crippen molar-refractivity contribution < 1.29 is 9.53 Å². The molecule has 2 unspecified atom stereocenters. The second-order valence-electron chi connectivity index (χ2n) is 8.34. The van der Waals surface area contributed by atoms with E-state index in [-0.39, 0.29) is 5.91 Å². The smallest absolute Gasteiger partial charge is 0.253 e. The molecule has 2 fully saturated rings. The van der Waals surface area contributed by atoms with Crippen molar-refractivity contribution >= 4 is 13.8 Å². The minimum atomic E-state index is 0.129. The number of nitrogens with zero attached hydrogens (tertiary/aromatic N) is 1. The lowest BCUT2D eigenvalue weighted by Crippen LogP contribution is -2.35. The van der Waals surface area contributed by atoms with Crippen LogP contribution in [0.15, 0.2) is 48.5 Å². The van der Waals surface area contributed by atoms with Gasteiger partial charge >= 0.3 is 0 Å². The van der Waals surface area contributed by atoms with E-state index in [2.05, 4.69) is 20.0 Å². The molecule has 2 saturated carbocycles. The van der Waals surface area contributed by atoms with Gasteiger partial charge in [-0.2, -0.15) is 0 Å². The van der Waals surface area contributed by atoms with Gasteiger partial charge in [-0.15, -0.1) is 0 Å². The summed E-state index contributed by atoms with van der Waals surface area (Å²) in [4.78, 5) is 14.7. The summed E-state index contributed by atoms with van der Waals surface area (Å²) in [6.45, 7) is 0.837. The Morgan fingerprint density at radius 1 is 1.00 bits per heavy atom. The van der Waals surface area contributed by atoms with Gasteiger partial charge in [0.1, 0.15) is 13.6 Å². The molecule has 0 saturated heterocycles. The van der Waals surface area contributed by atoms with Gasteiger partial charge in [-0.1, -0.05) is 36.5 Å². The molecule has 0 N–H and O–H groups in total. The molecule has 0 spiro atoms. The molecule has 3 nitrogen and oxygen atoms in total. The molecule has 2 aromatic rings. The van der Waals surface area contributed by atoms with E-state index in [9.17, 15) is 4.79 Å². The van der Waals surface area contributed by atoms with Gasteiger partial charge in [0.05, 0.1) is 6.61 Å². The highest BCUT2D eigenvalue weighted by Crippen LogP contribution is 2.32. The molecule has 2 atom stereocenters. The third-order valence-corrected chi connectivity index (χ3v) is 6.04. The zero-order chi connectivity index (χ0) is 18.8. The van der Waals surface area contributed by atoms with Gasteiger partial charge in [0.15, 0.2) is 0 Å². The van der Waals surface area contributed by atoms with Crippen LogP contribution in [0.2, 0.25) is 5.82 Å². The SMILES string of the molecule is BC1CCC(N(C)C(=O)c2ccc(-c3ccc(OCC4CC4)cc3)cc2)C1. The predicted molar refractivity (Wildman–Crippen MR) is 112 cm³/mol. The second-order valence-corrected chi connectivity index (χ2v) is 8.34. The van der Waals surface area contributed by atoms with E-state index in [1.165, 1.54) is 19.3 Å². The van der Waals surface area contributed by atoms with Gasteiger partial charge in [-0.25, -0.2) is 0 Å². The highest BCUT2D eigenvalue weighted by atomic mass is 16.5. The third-order valence-electron chi connectivity index (χ3n) is 6.04. The van der Waals surface area contributed by atoms with Crippen molar-refractivity contribution in [1.82, 2.24) is 4.90 Å². The van der Waals surface area contributed by atoms with Crippen LogP contribution in [0.4, 0.5) is 0 Å². The molecule has 2 aliphatic rings. The monoisotopic (exact) mass is 361 g/mol. The number of benzene rings is 2. The number of hydrogen-bond donors (Lipinski definition) is 0. The summed E-state index contributed by atoms with van der Waals surface area (Å²) in [7, 11) is 4.22. The maximum atomic E-state index is 12.8. The molecular formula is C23H28BNO2. The Hall–Kier alpha value is -2.23. The first-order valence-corrected chi connectivity index (χ1v) is 10.2. The summed E-state index contributed by atoms with van der Waals surface area (Å²) in [6, 6.07) is 16.6. The van der Waals surface area contributed by atoms with E-state index in [0.717, 1.165) is 53.6 Å². The van der Waals surface area contributed by atoms with Crippen molar-refractivity contribution in [2.45, 2.75) is 44.0 Å². The topological polar surface area (TPSA) is 29.5 Å². The van der Waals surface area contributed by atoms with Crippen LogP contribution in [-0.2, 0) is 0 Å². The third kappa shape index (κ3) is 4.37. The highest BCUT2D eigenvalue weighted by Gasteiger charge is 2.28. The Balaban J connectivity index is 1.39. The van der Waals surface area contributed by atoms with Crippen LogP contribution in [0.25, 0.3) is 11.1 Å². The maximum Gasteiger partial charge on any atom is 0.253 e. The molecule has 0 radical (unpaired) electrons. The predicted octanol–water partition coefficient (Wildman–Crippen LogP) is 4.19. The van der Waals surface area contributed by atoms with Crippen molar-refractivity contribution in [2.75, 3.05) is 13.7 Å². The fraction of sp³-hybridized carbons (Fsp3) is 0.435. The Morgan fingerprint density at radius 2 is 1.63 bits per heavy atom. The van der Waals surface area contributed by atoms with E-state index in [4.69, 9.17) is 4.74 Å². The van der Waals surface area contributed by atoms with Crippen LogP contribution in [-0.4, -0.2) is 38.3 Å². The largest absolute Gasteiger partial charge is 0.493 e. The molecule has 2 aliphatic carbocycles. The number of rotatable bonds is 6. The number of carbonyl (C=O) groups is 1. The minimum Gasteiger partial charge on any atom is -0.493 e. The van der Waals surface area contributed by atoms with Crippen LogP contribution in [0, 0.1) is 5.92 Å². The van der Waals surface area contributed by atoms with Crippen LogP contribution in [0.5, 0.6) is 5.75 Å². The molecule has 0 aliphatic heterocycles. The molecule has 0 bridgehead atoms. The van der Waals surface area contributed by atoms with Gasteiger partial charge in [0.2, 0.25) is 0 Å². The standard InChI is InChI=1S/C23H28BNO2/c1-25(21-11-10-20(24)14-21)23(26)19-6-4-17(5-7-19)18-8-12-22(13-9-18)27-15-16-2-3-16/h4-9,12-13,16,20-21H,2-3,10-11,14-15,24H2,1H3. The lowest BCUT2D eigenvalue weighted by atomic mass is 9.86. The summed E-state index contributed by atoms with van der Waals surface area (Å²) < 4.78 is 5.80. The van der Waals surface area contributed by atoms with E-state index in [1.807, 2.05) is 48.3 Å². The van der Waals surface area contributed by atoms with Crippen molar-refractivity contribution in [3.8, 4) is 16.9 Å². The summed E-state index contributed by atoms with van der Waals surface area (Å²) in [6.07, 6.45) is 6.07. The van der Waals surface area contributed by atoms with Crippen LogP contribution >= 0.6 is 0 Å². The Bertz CT molecular complexity index is 783. The molecule has 140 valence electrons. The fourth-order valence-electron chi connectivity index (χ4n) is 3.95. The van der Waals surface area contributed by atoms with Crippen molar-refractivity contribution in [2.24, 2.45) is 5.92 Å². The van der Waals surface area contributed by atoms with Crippen LogP contribution < -0.4 is 4.74 Å². The van der Waals surface area contributed by atoms with E-state index in [0.29, 0.717) is 6.04 Å². The lowest BCUT2D eigenvalue weighted by molar-refractivity contribution is 0.0735. The molecule has 2 aromatic carbocycles. The Labute approximate surface area is 163 Å². The minimum absolute atomic E-state index is 0.129. The van der Waals surface area contributed by atoms with Crippen molar-refractivity contribution in [1.29, 1.82) is 0 Å². The number of ether oxygens (including phenoxy) is 1. The van der Waals surface area contributed by atoms with E-state index >= 15 is 0 Å². The average Bonchev–Trinajstić information content (AvgIpc) is 3.44. The summed E-state index contributed by atoms with van der Waals surface area (Å²) in [5.41, 5.74) is 3.04. The zero-order valence-electron chi connectivity index (χ0n) is 16.4. The molecule has 0 aromatic heterocycles. The van der Waals surface area contributed by atoms with Gasteiger partial charge in [0.25, 0.3) is 5.91 Å². The second kappa shape index (κ2) is 7.79. The quantitative estimate of drug-likeness (QED) is 0.722. The molecule has 1 amide bonds. The molecule has 4 heteroatoms. The van der Waals surface area contributed by atoms with Crippen LogP contribution in [0.1, 0.15) is 42.5 Å². The Morgan fingerprint density at radius 3 is 2.19 bits per heavy atom. The maximum absolute atomic E-state index is 12.8. The average molecular weight is 361 g/mol. The first-order chi connectivity index (χ1) is 13.1. The molecular weight excluding hydrogens is 333 g/mol. The van der Waals surface area contributed by atoms with Gasteiger partial charge in [-0.05, 0) is 67.0 Å². The van der Waals surface area contributed by atoms with E-state index in [1.54, 1.807) is 0 Å². The van der Waals surface area contributed by atoms with E-state index < -0.39 is 0 Å². The lowest BCUT2D eigenvalue weighted by Gasteiger charge is -2.24. The zero-order valence-corrected chi connectivity index (χ0v) is 16.4. The fourth-order valence-corrected chi connectivity index (χ4v) is 3.95. The van der Waals surface area contributed by atoms with Crippen LogP contribution in [0.3, 0.4) is 0 Å². The number of amides is 1. The summed E-state index contributed by atoms with van der Waals surface area (Å²) in [5.74, 6) is 2.55. The van der Waals surface area contributed by atoms with Crippen molar-refractivity contribution in [3.63, 3.8) is 0 Å². The normalized spacial score (nSPS) is 21.8. The van der Waals surface area contributed by atoms with Gasteiger partial charge in [0, 0.05) is 18.7 Å². The Kier molecular flexibility index (Phi) is 5.24. The molecule has 0 heterocycles. The van der Waals surface area contributed by atoms with Gasteiger partial charge < -0.3 is 9.64 Å². The number of carbonyl (C=O) groups excluding carboxylic acids is 1. The van der Waals surface area contributed by atoms with Gasteiger partial charge in [-0.3, -0.25) is 4.79 Å². The summed E-state index contributed by atoms with van der Waals surface area (Å²) in [5, 5.41) is 0. The highest BCUT2D eigenvalue weighted by molar-refractivity contribution is 6.11. The summed E-state index contributed by atoms with van der Waals surface area (Å²) >= 11 is 0. The molecule has 4 rings (SSSR count). The first-order valence-electron chi connectivity index (χ1n) is 10.2. The van der Waals surface area contributed by atoms with Crippen molar-refractivity contribution in [3.05, 3.63) is 54.1 Å². The molecule has 27 heavy (non-hydrogen) atoms. The number of hydrogen-bond acceptors (Lipinski definition) is 2.